The molecule has 8 aromatic rings. The van der Waals surface area contributed by atoms with Crippen LogP contribution in [0.5, 0.6) is 11.5 Å². The number of hydrogen-bond donors (Lipinski definition) is 0. The molecular weight excluding hydrogens is 1040 g/mol. The third-order valence-corrected chi connectivity index (χ3v) is 16.4. The van der Waals surface area contributed by atoms with E-state index in [9.17, 15) is 2.74 Å². The summed E-state index contributed by atoms with van der Waals surface area (Å²) in [7, 11) is -2.28. The van der Waals surface area contributed by atoms with Gasteiger partial charge in [-0.05, 0) is 86.5 Å². The molecule has 7 heteroatoms. The van der Waals surface area contributed by atoms with Crippen LogP contribution in [0.3, 0.4) is 0 Å². The number of aromatic nitrogens is 1. The first-order chi connectivity index (χ1) is 35.4. The molecule has 0 unspecified atom stereocenters. The van der Waals surface area contributed by atoms with Crippen LogP contribution >= 0.6 is 0 Å². The molecule has 0 saturated carbocycles. The van der Waals surface area contributed by atoms with Crippen LogP contribution in [0.4, 0.5) is 39.9 Å². The summed E-state index contributed by atoms with van der Waals surface area (Å²) in [6.45, 7) is 23.6. The van der Waals surface area contributed by atoms with E-state index in [1.807, 2.05) is 98.2 Å². The minimum Gasteiger partial charge on any atom is -0.509 e. The maximum atomic E-state index is 9.23. The van der Waals surface area contributed by atoms with Gasteiger partial charge in [0.2, 0.25) is 0 Å². The number of ether oxygens (including phenoxy) is 1. The van der Waals surface area contributed by atoms with E-state index >= 15 is 0 Å². The molecule has 0 fully saturated rings. The van der Waals surface area contributed by atoms with Gasteiger partial charge < -0.3 is 19.4 Å². The molecule has 352 valence electrons. The van der Waals surface area contributed by atoms with E-state index in [2.05, 4.69) is 125 Å². The van der Waals surface area contributed by atoms with Crippen LogP contribution in [0.2, 0.25) is 13.1 Å². The minimum absolute atomic E-state index is 0. The third-order valence-electron chi connectivity index (χ3n) is 12.9. The molecular formula is C62H61N4OPtSi-3. The predicted octanol–water partition coefficient (Wildman–Crippen LogP) is 15.6. The van der Waals surface area contributed by atoms with Gasteiger partial charge in [0, 0.05) is 75.4 Å². The number of benzene rings is 7. The second-order valence-corrected chi connectivity index (χ2v) is 24.9. The van der Waals surface area contributed by atoms with E-state index in [4.69, 9.17) is 16.6 Å². The molecule has 2 aliphatic heterocycles. The standard InChI is InChI=1S/C62H61N4OSi.Pt/c1-42(2)34-43-32-33-63-59(35-43)66-55-28-16-17-29-57(55)68(9,10)58-31-30-50(40-56(58)66)67-49-23-18-22-48(39-49)64-41-65(54-27-15-14-26-53(54)64)60-51(44-20-12-11-13-21-44)24-19-25-52(60)45-36-46(61(3,4)5)38-47(37-45)62(6,7)8;/h11-33,35-38,41-42H,34H2,1-10H3;/q-3;/i11D,12D,13D,20D,21D,34D2;. The number of rotatable bonds is 9. The topological polar surface area (TPSA) is 31.8 Å². The Morgan fingerprint density at radius 1 is 0.667 bits per heavy atom. The molecule has 0 saturated heterocycles. The van der Waals surface area contributed by atoms with E-state index in [0.717, 1.165) is 50.2 Å². The summed E-state index contributed by atoms with van der Waals surface area (Å²) in [4.78, 5) is 11.0. The number of nitrogens with zero attached hydrogens (tertiary/aromatic N) is 4. The second kappa shape index (κ2) is 18.6. The van der Waals surface area contributed by atoms with Crippen LogP contribution in [-0.2, 0) is 38.3 Å². The molecule has 7 aromatic carbocycles. The second-order valence-electron chi connectivity index (χ2n) is 20.6. The molecule has 3 heterocycles. The summed E-state index contributed by atoms with van der Waals surface area (Å²) in [6.07, 6.45) is 0.107. The summed E-state index contributed by atoms with van der Waals surface area (Å²) >= 11 is 0. The van der Waals surface area contributed by atoms with Crippen molar-refractivity contribution in [2.45, 2.75) is 85.7 Å². The van der Waals surface area contributed by atoms with Crippen LogP contribution in [0, 0.1) is 24.7 Å². The number of hydrogen-bond acceptors (Lipinski definition) is 5. The summed E-state index contributed by atoms with van der Waals surface area (Å²) < 4.78 is 69.1. The fourth-order valence-electron chi connectivity index (χ4n) is 9.38. The maximum absolute atomic E-state index is 9.23. The Morgan fingerprint density at radius 3 is 1.97 bits per heavy atom. The zero-order valence-corrected chi connectivity index (χ0v) is 44.1. The zero-order valence-electron chi connectivity index (χ0n) is 47.9. The number of para-hydroxylation sites is 4. The molecule has 0 atom stereocenters. The summed E-state index contributed by atoms with van der Waals surface area (Å²) in [5.74, 6) is 1.27. The summed E-state index contributed by atoms with van der Waals surface area (Å²) in [5, 5.41) is 2.39. The third kappa shape index (κ3) is 9.22. The monoisotopic (exact) mass is 1110 g/mol. The first kappa shape index (κ1) is 39.6. The van der Waals surface area contributed by atoms with Gasteiger partial charge in [0.1, 0.15) is 5.82 Å². The molecule has 0 N–H and O–H groups in total. The van der Waals surface area contributed by atoms with Crippen molar-refractivity contribution in [2.24, 2.45) is 5.92 Å². The van der Waals surface area contributed by atoms with Crippen molar-refractivity contribution in [2.75, 3.05) is 14.7 Å². The Hall–Kier alpha value is -6.20. The molecule has 5 nitrogen and oxygen atoms in total. The van der Waals surface area contributed by atoms with E-state index in [0.29, 0.717) is 39.8 Å². The predicted molar refractivity (Wildman–Crippen MR) is 288 cm³/mol. The van der Waals surface area contributed by atoms with Crippen molar-refractivity contribution in [1.29, 1.82) is 0 Å². The van der Waals surface area contributed by atoms with Crippen molar-refractivity contribution in [1.82, 2.24) is 4.98 Å². The van der Waals surface area contributed by atoms with Crippen molar-refractivity contribution in [3.05, 3.63) is 199 Å². The van der Waals surface area contributed by atoms with E-state index in [1.165, 1.54) is 5.19 Å². The van der Waals surface area contributed by atoms with Gasteiger partial charge in [-0.15, -0.1) is 47.9 Å². The average Bonchev–Trinajstić information content (AvgIpc) is 3.78. The molecule has 0 bridgehead atoms. The summed E-state index contributed by atoms with van der Waals surface area (Å²) in [5.41, 5.74) is 9.63. The van der Waals surface area contributed by atoms with Crippen molar-refractivity contribution in [3.8, 4) is 33.8 Å². The van der Waals surface area contributed by atoms with Crippen LogP contribution in [0.1, 0.15) is 81.7 Å². The Labute approximate surface area is 436 Å². The SMILES string of the molecule is [2H]c1c([2H])c([2H])c(-c2cccc(-c3cc(C(C)(C)C)cc(C(C)(C)C)c3)c2N2[CH-]N(c3[c-]c(Oc4[c-]c5c(cc4)[Si](C)(C)c4ccccc4N5c4cc(C([2H])([2H])C(C)C)ccn4)ccc3)c3ccccc32)c([2H])c1[2H].[Pt]. The van der Waals surface area contributed by atoms with Crippen molar-refractivity contribution in [3.63, 3.8) is 0 Å². The molecule has 1 aromatic heterocycles. The molecule has 0 radical (unpaired) electrons. The van der Waals surface area contributed by atoms with Crippen LogP contribution in [-0.4, -0.2) is 13.1 Å². The van der Waals surface area contributed by atoms with Gasteiger partial charge in [0.15, 0.2) is 0 Å². The van der Waals surface area contributed by atoms with Crippen LogP contribution < -0.4 is 29.8 Å². The normalized spacial score (nSPS) is 15.6. The minimum atomic E-state index is -2.28. The van der Waals surface area contributed by atoms with Gasteiger partial charge in [-0.1, -0.05) is 171 Å². The van der Waals surface area contributed by atoms with Gasteiger partial charge in [-0.3, -0.25) is 0 Å². The Bertz CT molecular complexity index is 3510. The van der Waals surface area contributed by atoms with E-state index in [1.54, 1.807) is 12.3 Å². The maximum Gasteiger partial charge on any atom is 0.135 e. The molecule has 0 aliphatic carbocycles. The molecule has 10 rings (SSSR count). The number of fused-ring (bicyclic) bond motifs is 3. The summed E-state index contributed by atoms with van der Waals surface area (Å²) in [6, 6.07) is 47.7. The van der Waals surface area contributed by atoms with Crippen molar-refractivity contribution < 1.29 is 35.4 Å². The number of pyridine rings is 1. The number of anilines is 7. The van der Waals surface area contributed by atoms with Gasteiger partial charge in [-0.25, -0.2) is 4.98 Å². The van der Waals surface area contributed by atoms with E-state index < -0.39 is 32.6 Å². The first-order valence-electron chi connectivity index (χ1n) is 26.9. The Balaban J connectivity index is 0.00000706. The largest absolute Gasteiger partial charge is 0.509 e. The van der Waals surface area contributed by atoms with E-state index in [-0.39, 0.29) is 55.5 Å². The average molecular weight is 1110 g/mol. The smallest absolute Gasteiger partial charge is 0.135 e. The quantitative estimate of drug-likeness (QED) is 0.106. The fourth-order valence-corrected chi connectivity index (χ4v) is 12.3. The van der Waals surface area contributed by atoms with Gasteiger partial charge in [0.05, 0.1) is 14.9 Å². The Kier molecular flexibility index (Phi) is 10.7. The molecule has 2 aliphatic rings. The fraction of sp³-hybridized carbons (Fsp3) is 0.226. The Morgan fingerprint density at radius 2 is 1.29 bits per heavy atom. The van der Waals surface area contributed by atoms with Crippen molar-refractivity contribution >= 4 is 58.4 Å². The van der Waals surface area contributed by atoms with Gasteiger partial charge in [0.25, 0.3) is 0 Å². The first-order valence-corrected chi connectivity index (χ1v) is 26.4. The van der Waals surface area contributed by atoms with Gasteiger partial charge in [-0.2, -0.15) is 12.1 Å². The molecule has 0 spiro atoms. The molecule has 0 amide bonds. The van der Waals surface area contributed by atoms with Crippen LogP contribution in [0.25, 0.3) is 22.3 Å². The molecule has 69 heavy (non-hydrogen) atoms. The van der Waals surface area contributed by atoms with Crippen LogP contribution in [0.15, 0.2) is 164 Å². The zero-order chi connectivity index (χ0) is 53.7. The van der Waals surface area contributed by atoms with Gasteiger partial charge >= 0.3 is 0 Å².